The molecule has 0 saturated heterocycles. The molecule has 0 bridgehead atoms. The molecule has 0 unspecified atom stereocenters. The molecular weight excluding hydrogens is 370 g/mol. The van der Waals surface area contributed by atoms with Crippen LogP contribution in [0.5, 0.6) is 0 Å². The summed E-state index contributed by atoms with van der Waals surface area (Å²) in [5.74, 6) is 0.252. The van der Waals surface area contributed by atoms with Crippen molar-refractivity contribution in [3.63, 3.8) is 0 Å². The van der Waals surface area contributed by atoms with Gasteiger partial charge in [-0.05, 0) is 85.9 Å². The second-order valence-corrected chi connectivity index (χ2v) is 7.91. The van der Waals surface area contributed by atoms with E-state index in [4.69, 9.17) is 0 Å². The number of nitrogens with zero attached hydrogens (tertiary/aromatic N) is 1. The third kappa shape index (κ3) is 4.61. The Morgan fingerprint density at radius 1 is 0.966 bits per heavy atom. The van der Waals surface area contributed by atoms with Gasteiger partial charge in [-0.15, -0.1) is 0 Å². The number of aromatic nitrogens is 1. The Hall–Kier alpha value is -2.82. The fraction of sp³-hybridized carbons (Fsp3) is 0.333. The number of nitrogens with one attached hydrogen (secondary N) is 1. The molecule has 150 valence electrons. The van der Waals surface area contributed by atoms with E-state index in [1.807, 2.05) is 12.1 Å². The lowest BCUT2D eigenvalue weighted by Gasteiger charge is -2.29. The first-order valence-electron chi connectivity index (χ1n) is 10.2. The van der Waals surface area contributed by atoms with E-state index in [1.54, 1.807) is 12.3 Å². The van der Waals surface area contributed by atoms with E-state index in [9.17, 15) is 13.6 Å². The maximum atomic E-state index is 14.0. The van der Waals surface area contributed by atoms with Crippen LogP contribution in [0.1, 0.15) is 41.6 Å². The Labute approximate surface area is 169 Å². The van der Waals surface area contributed by atoms with Crippen LogP contribution in [0.2, 0.25) is 0 Å². The lowest BCUT2D eigenvalue weighted by atomic mass is 9.79. The zero-order chi connectivity index (χ0) is 20.2. The number of amides is 1. The first kappa shape index (κ1) is 19.5. The number of para-hydroxylation sites is 1. The highest BCUT2D eigenvalue weighted by atomic mass is 19.1. The summed E-state index contributed by atoms with van der Waals surface area (Å²) in [5, 5.41) is 3.88. The zero-order valence-corrected chi connectivity index (χ0v) is 16.2. The lowest BCUT2D eigenvalue weighted by molar-refractivity contribution is 0.0941. The SMILES string of the molecule is O=C(NCC1CCC(Cc2ccnc3c(F)cccc23)CC1)c1ccc(F)cc1. The van der Waals surface area contributed by atoms with Crippen LogP contribution in [0.15, 0.2) is 54.7 Å². The van der Waals surface area contributed by atoms with E-state index in [0.717, 1.165) is 43.1 Å². The number of carbonyl (C=O) groups is 1. The van der Waals surface area contributed by atoms with Crippen molar-refractivity contribution in [2.45, 2.75) is 32.1 Å². The Bertz CT molecular complexity index is 995. The second kappa shape index (κ2) is 8.68. The van der Waals surface area contributed by atoms with Crippen molar-refractivity contribution in [1.29, 1.82) is 0 Å². The molecule has 2 aromatic carbocycles. The number of hydrogen-bond donors (Lipinski definition) is 1. The van der Waals surface area contributed by atoms with Gasteiger partial charge in [-0.2, -0.15) is 0 Å². The number of halogens is 2. The molecule has 1 aliphatic rings. The highest BCUT2D eigenvalue weighted by molar-refractivity contribution is 5.94. The fourth-order valence-corrected chi connectivity index (χ4v) is 4.27. The van der Waals surface area contributed by atoms with E-state index >= 15 is 0 Å². The molecule has 1 saturated carbocycles. The Kier molecular flexibility index (Phi) is 5.84. The van der Waals surface area contributed by atoms with Crippen LogP contribution in [0.25, 0.3) is 10.9 Å². The normalized spacial score (nSPS) is 19.2. The molecule has 0 aliphatic heterocycles. The van der Waals surface area contributed by atoms with Gasteiger partial charge in [0.2, 0.25) is 0 Å². The lowest BCUT2D eigenvalue weighted by Crippen LogP contribution is -2.31. The van der Waals surface area contributed by atoms with Crippen LogP contribution in [-0.4, -0.2) is 17.4 Å². The molecule has 1 amide bonds. The summed E-state index contributed by atoms with van der Waals surface area (Å²) in [6, 6.07) is 12.7. The van der Waals surface area contributed by atoms with Gasteiger partial charge in [-0.25, -0.2) is 8.78 Å². The van der Waals surface area contributed by atoms with Crippen LogP contribution in [0.4, 0.5) is 8.78 Å². The average molecular weight is 394 g/mol. The van der Waals surface area contributed by atoms with E-state index in [1.165, 1.54) is 30.3 Å². The first-order chi connectivity index (χ1) is 14.1. The highest BCUT2D eigenvalue weighted by Gasteiger charge is 2.22. The average Bonchev–Trinajstić information content (AvgIpc) is 2.74. The molecule has 0 atom stereocenters. The predicted octanol–water partition coefficient (Wildman–Crippen LogP) is 5.29. The van der Waals surface area contributed by atoms with Crippen LogP contribution >= 0.6 is 0 Å². The summed E-state index contributed by atoms with van der Waals surface area (Å²) >= 11 is 0. The van der Waals surface area contributed by atoms with Crippen molar-refractivity contribution in [3.05, 3.63) is 77.5 Å². The van der Waals surface area contributed by atoms with Crippen molar-refractivity contribution in [2.75, 3.05) is 6.54 Å². The second-order valence-electron chi connectivity index (χ2n) is 7.91. The Morgan fingerprint density at radius 2 is 1.69 bits per heavy atom. The standard InChI is InChI=1S/C24H24F2N2O/c25-20-10-8-18(9-11-20)24(29)28-15-17-6-4-16(5-7-17)14-19-12-13-27-23-21(19)2-1-3-22(23)26/h1-3,8-13,16-17H,4-7,14-15H2,(H,28,29). The molecule has 1 fully saturated rings. The first-order valence-corrected chi connectivity index (χ1v) is 10.2. The van der Waals surface area contributed by atoms with Gasteiger partial charge >= 0.3 is 0 Å². The van der Waals surface area contributed by atoms with Crippen LogP contribution in [-0.2, 0) is 6.42 Å². The van der Waals surface area contributed by atoms with Gasteiger partial charge in [0.25, 0.3) is 5.91 Å². The van der Waals surface area contributed by atoms with E-state index in [2.05, 4.69) is 10.3 Å². The van der Waals surface area contributed by atoms with Crippen LogP contribution < -0.4 is 5.32 Å². The quantitative estimate of drug-likeness (QED) is 0.639. The predicted molar refractivity (Wildman–Crippen MR) is 110 cm³/mol. The minimum absolute atomic E-state index is 0.155. The number of rotatable bonds is 5. The number of fused-ring (bicyclic) bond motifs is 1. The summed E-state index contributed by atoms with van der Waals surface area (Å²) in [6.07, 6.45) is 6.93. The topological polar surface area (TPSA) is 42.0 Å². The fourth-order valence-electron chi connectivity index (χ4n) is 4.27. The largest absolute Gasteiger partial charge is 0.352 e. The van der Waals surface area contributed by atoms with Gasteiger partial charge in [-0.1, -0.05) is 12.1 Å². The molecule has 5 heteroatoms. The Morgan fingerprint density at radius 3 is 2.45 bits per heavy atom. The molecule has 0 radical (unpaired) electrons. The molecule has 29 heavy (non-hydrogen) atoms. The zero-order valence-electron chi connectivity index (χ0n) is 16.2. The van der Waals surface area contributed by atoms with Crippen LogP contribution in [0, 0.1) is 23.5 Å². The van der Waals surface area contributed by atoms with E-state index in [0.29, 0.717) is 29.5 Å². The van der Waals surface area contributed by atoms with Crippen molar-refractivity contribution in [1.82, 2.24) is 10.3 Å². The van der Waals surface area contributed by atoms with E-state index in [-0.39, 0.29) is 17.5 Å². The molecule has 3 aromatic rings. The maximum absolute atomic E-state index is 14.0. The molecular formula is C24H24F2N2O. The highest BCUT2D eigenvalue weighted by Crippen LogP contribution is 2.32. The maximum Gasteiger partial charge on any atom is 0.251 e. The minimum atomic E-state index is -0.343. The van der Waals surface area contributed by atoms with Crippen molar-refractivity contribution in [3.8, 4) is 0 Å². The Balaban J connectivity index is 1.29. The van der Waals surface area contributed by atoms with Gasteiger partial charge in [0, 0.05) is 23.7 Å². The molecule has 1 heterocycles. The van der Waals surface area contributed by atoms with Gasteiger partial charge in [0.05, 0.1) is 0 Å². The third-order valence-corrected chi connectivity index (χ3v) is 5.94. The molecule has 0 spiro atoms. The third-order valence-electron chi connectivity index (χ3n) is 5.94. The van der Waals surface area contributed by atoms with Crippen molar-refractivity contribution in [2.24, 2.45) is 11.8 Å². The van der Waals surface area contributed by atoms with Gasteiger partial charge in [0.1, 0.15) is 17.2 Å². The molecule has 4 rings (SSSR count). The summed E-state index contributed by atoms with van der Waals surface area (Å²) in [4.78, 5) is 16.4. The van der Waals surface area contributed by atoms with E-state index < -0.39 is 0 Å². The summed E-state index contributed by atoms with van der Waals surface area (Å²) < 4.78 is 26.9. The molecule has 1 aliphatic carbocycles. The summed E-state index contributed by atoms with van der Waals surface area (Å²) in [5.41, 5.74) is 2.08. The number of hydrogen-bond acceptors (Lipinski definition) is 2. The summed E-state index contributed by atoms with van der Waals surface area (Å²) in [6.45, 7) is 0.645. The molecule has 3 nitrogen and oxygen atoms in total. The molecule has 1 N–H and O–H groups in total. The van der Waals surface area contributed by atoms with Gasteiger partial charge in [0.15, 0.2) is 0 Å². The van der Waals surface area contributed by atoms with Gasteiger partial charge in [-0.3, -0.25) is 9.78 Å². The number of benzene rings is 2. The number of pyridine rings is 1. The van der Waals surface area contributed by atoms with Gasteiger partial charge < -0.3 is 5.32 Å². The smallest absolute Gasteiger partial charge is 0.251 e. The van der Waals surface area contributed by atoms with Crippen molar-refractivity contribution < 1.29 is 13.6 Å². The monoisotopic (exact) mass is 394 g/mol. The number of carbonyl (C=O) groups excluding carboxylic acids is 1. The van der Waals surface area contributed by atoms with Crippen LogP contribution in [0.3, 0.4) is 0 Å². The summed E-state index contributed by atoms with van der Waals surface area (Å²) in [7, 11) is 0. The molecule has 1 aromatic heterocycles. The van der Waals surface area contributed by atoms with Crippen molar-refractivity contribution >= 4 is 16.8 Å². The minimum Gasteiger partial charge on any atom is -0.352 e.